The zero-order chi connectivity index (χ0) is 29.1. The average Bonchev–Trinajstić information content (AvgIpc) is 3.35. The maximum absolute atomic E-state index is 13.6. The minimum atomic E-state index is -0.949. The fourth-order valence-electron chi connectivity index (χ4n) is 8.56. The number of ether oxygens (including phenoxy) is 2. The minimum absolute atomic E-state index is 0.00363. The topological polar surface area (TPSA) is 62.2 Å². The van der Waals surface area contributed by atoms with Crippen LogP contribution >= 0.6 is 0 Å². The Morgan fingerprint density at radius 1 is 1.14 bits per heavy atom. The van der Waals surface area contributed by atoms with Crippen LogP contribution in [0.2, 0.25) is 0 Å². The predicted octanol–water partition coefficient (Wildman–Crippen LogP) is 4.94. The normalized spacial score (nSPS) is 29.2. The van der Waals surface area contributed by atoms with E-state index >= 15 is 0 Å². The zero-order valence-electron chi connectivity index (χ0n) is 24.8. The molecule has 1 N–H and O–H groups in total. The zero-order valence-corrected chi connectivity index (χ0v) is 24.8. The molecular formula is C36H40N2O4. The van der Waals surface area contributed by atoms with Crippen LogP contribution in [-0.2, 0) is 23.1 Å². The van der Waals surface area contributed by atoms with Crippen LogP contribution in [0.3, 0.4) is 0 Å². The highest BCUT2D eigenvalue weighted by molar-refractivity contribution is 5.92. The molecule has 5 atom stereocenters. The second-order valence-corrected chi connectivity index (χ2v) is 12.6. The third kappa shape index (κ3) is 4.03. The van der Waals surface area contributed by atoms with Crippen LogP contribution in [0.1, 0.15) is 47.1 Å². The van der Waals surface area contributed by atoms with E-state index in [0.29, 0.717) is 18.6 Å². The third-order valence-corrected chi connectivity index (χ3v) is 10.6. The van der Waals surface area contributed by atoms with Gasteiger partial charge in [0.05, 0.1) is 24.2 Å². The number of carbonyl (C=O) groups excluding carboxylic acids is 1. The molecule has 2 aliphatic heterocycles. The fourth-order valence-corrected chi connectivity index (χ4v) is 8.56. The number of amides is 1. The number of benzene rings is 3. The lowest BCUT2D eigenvalue weighted by Gasteiger charge is -2.64. The molecule has 2 aliphatic carbocycles. The largest absolute Gasteiger partial charge is 0.493 e. The predicted molar refractivity (Wildman–Crippen MR) is 164 cm³/mol. The molecule has 1 amide bonds. The van der Waals surface area contributed by atoms with Gasteiger partial charge in [0.25, 0.3) is 0 Å². The Labute approximate surface area is 248 Å². The van der Waals surface area contributed by atoms with Crippen LogP contribution in [0.15, 0.2) is 72.8 Å². The summed E-state index contributed by atoms with van der Waals surface area (Å²) in [5.74, 6) is 1.41. The van der Waals surface area contributed by atoms with Crippen molar-refractivity contribution in [2.24, 2.45) is 0 Å². The van der Waals surface area contributed by atoms with Gasteiger partial charge in [0.1, 0.15) is 6.10 Å². The van der Waals surface area contributed by atoms with Crippen LogP contribution in [0.5, 0.6) is 11.5 Å². The highest BCUT2D eigenvalue weighted by Crippen LogP contribution is 2.65. The van der Waals surface area contributed by atoms with Gasteiger partial charge in [0.2, 0.25) is 5.91 Å². The second kappa shape index (κ2) is 10.3. The lowest BCUT2D eigenvalue weighted by molar-refractivity contribution is -0.199. The van der Waals surface area contributed by atoms with Crippen molar-refractivity contribution < 1.29 is 19.4 Å². The molecule has 2 bridgehead atoms. The fraction of sp³-hybridized carbons (Fsp3) is 0.417. The molecule has 42 heavy (non-hydrogen) atoms. The number of hydrogen-bond acceptors (Lipinski definition) is 5. The Kier molecular flexibility index (Phi) is 6.67. The van der Waals surface area contributed by atoms with E-state index in [-0.39, 0.29) is 24.1 Å². The van der Waals surface area contributed by atoms with Crippen molar-refractivity contribution in [2.75, 3.05) is 27.2 Å². The van der Waals surface area contributed by atoms with Crippen molar-refractivity contribution in [1.29, 1.82) is 0 Å². The van der Waals surface area contributed by atoms with Gasteiger partial charge in [-0.2, -0.15) is 0 Å². The number of aryl methyl sites for hydroxylation is 1. The van der Waals surface area contributed by atoms with Crippen molar-refractivity contribution >= 4 is 12.0 Å². The smallest absolute Gasteiger partial charge is 0.246 e. The molecule has 1 saturated carbocycles. The molecule has 1 spiro atoms. The molecule has 4 aliphatic rings. The van der Waals surface area contributed by atoms with Crippen molar-refractivity contribution in [3.63, 3.8) is 0 Å². The quantitative estimate of drug-likeness (QED) is 0.412. The highest BCUT2D eigenvalue weighted by Gasteiger charge is 2.73. The molecule has 7 rings (SSSR count). The number of aliphatic hydroxyl groups is 1. The van der Waals surface area contributed by atoms with Gasteiger partial charge in [-0.1, -0.05) is 66.2 Å². The number of carbonyl (C=O) groups is 1. The van der Waals surface area contributed by atoms with Crippen molar-refractivity contribution in [3.05, 3.63) is 101 Å². The van der Waals surface area contributed by atoms with E-state index in [1.165, 1.54) is 11.1 Å². The first-order chi connectivity index (χ1) is 20.4. The number of methoxy groups -OCH3 is 1. The summed E-state index contributed by atoms with van der Waals surface area (Å²) < 4.78 is 12.7. The van der Waals surface area contributed by atoms with Gasteiger partial charge in [-0.25, -0.2) is 0 Å². The molecule has 0 radical (unpaired) electrons. The van der Waals surface area contributed by atoms with Crippen molar-refractivity contribution in [1.82, 2.24) is 9.80 Å². The van der Waals surface area contributed by atoms with Crippen LogP contribution in [0.25, 0.3) is 6.08 Å². The molecule has 218 valence electrons. The van der Waals surface area contributed by atoms with E-state index in [2.05, 4.69) is 60.4 Å². The van der Waals surface area contributed by atoms with Crippen LogP contribution in [0.4, 0.5) is 0 Å². The van der Waals surface area contributed by atoms with Gasteiger partial charge in [-0.3, -0.25) is 9.69 Å². The van der Waals surface area contributed by atoms with Gasteiger partial charge in [0.15, 0.2) is 11.5 Å². The molecule has 0 aromatic heterocycles. The number of hydrogen-bond donors (Lipinski definition) is 1. The van der Waals surface area contributed by atoms with Crippen molar-refractivity contribution in [2.45, 2.75) is 68.2 Å². The highest BCUT2D eigenvalue weighted by atomic mass is 16.5. The Morgan fingerprint density at radius 3 is 2.76 bits per heavy atom. The summed E-state index contributed by atoms with van der Waals surface area (Å²) >= 11 is 0. The first-order valence-corrected chi connectivity index (χ1v) is 15.2. The van der Waals surface area contributed by atoms with Crippen LogP contribution in [0, 0.1) is 6.92 Å². The first-order valence-electron chi connectivity index (χ1n) is 15.2. The molecule has 2 fully saturated rings. The van der Waals surface area contributed by atoms with Gasteiger partial charge < -0.3 is 19.5 Å². The maximum atomic E-state index is 13.6. The van der Waals surface area contributed by atoms with E-state index in [9.17, 15) is 9.90 Å². The Morgan fingerprint density at radius 2 is 1.98 bits per heavy atom. The summed E-state index contributed by atoms with van der Waals surface area (Å²) in [7, 11) is 3.56. The summed E-state index contributed by atoms with van der Waals surface area (Å²) in [4.78, 5) is 17.9. The minimum Gasteiger partial charge on any atom is -0.493 e. The van der Waals surface area contributed by atoms with Crippen LogP contribution < -0.4 is 9.47 Å². The molecule has 6 heteroatoms. The number of likely N-dealkylation sites (N-methyl/N-ethyl adjacent to an activating group) is 1. The van der Waals surface area contributed by atoms with Gasteiger partial charge in [-0.15, -0.1) is 0 Å². The van der Waals surface area contributed by atoms with E-state index in [0.717, 1.165) is 54.8 Å². The van der Waals surface area contributed by atoms with Crippen molar-refractivity contribution in [3.8, 4) is 11.5 Å². The molecule has 3 aromatic rings. The molecule has 3 aromatic carbocycles. The number of nitrogens with zero attached hydrogens (tertiary/aromatic N) is 2. The number of likely N-dealkylation sites (tertiary alicyclic amines) is 1. The summed E-state index contributed by atoms with van der Waals surface area (Å²) in [5.41, 5.74) is 4.30. The SMILES string of the molecule is COc1ccc2c3c1O[C@H]1[C@H](N(C)C(=O)C=Cc4cccc(C)c4)CC[C@@]4(O)[C@@H](C2)N(CCc2ccccc2)CC[C@]314. The summed E-state index contributed by atoms with van der Waals surface area (Å²) in [5, 5.41) is 12.9. The summed E-state index contributed by atoms with van der Waals surface area (Å²) in [6.07, 6.45) is 7.03. The Balaban J connectivity index is 1.23. The van der Waals surface area contributed by atoms with E-state index in [1.807, 2.05) is 36.2 Å². The average molecular weight is 565 g/mol. The van der Waals surface area contributed by atoms with E-state index < -0.39 is 11.0 Å². The van der Waals surface area contributed by atoms with Crippen LogP contribution in [-0.4, -0.2) is 71.8 Å². The Hall–Kier alpha value is -3.61. The van der Waals surface area contributed by atoms with E-state index in [1.54, 1.807) is 13.2 Å². The molecule has 6 nitrogen and oxygen atoms in total. The summed E-state index contributed by atoms with van der Waals surface area (Å²) in [6, 6.07) is 22.7. The van der Waals surface area contributed by atoms with Gasteiger partial charge >= 0.3 is 0 Å². The third-order valence-electron chi connectivity index (χ3n) is 10.6. The second-order valence-electron chi connectivity index (χ2n) is 12.6. The van der Waals surface area contributed by atoms with Gasteiger partial charge in [-0.05, 0) is 74.4 Å². The molecule has 2 heterocycles. The Bertz CT molecular complexity index is 1540. The molecular weight excluding hydrogens is 524 g/mol. The lowest BCUT2D eigenvalue weighted by atomic mass is 9.48. The van der Waals surface area contributed by atoms with E-state index in [4.69, 9.17) is 9.47 Å². The lowest BCUT2D eigenvalue weighted by Crippen LogP contribution is -2.78. The maximum Gasteiger partial charge on any atom is 0.246 e. The standard InChI is InChI=1S/C36H40N2O4/c1-24-8-7-11-26(22-24)12-15-31(39)37(2)28-16-18-36(40)30-23-27-13-14-29(41-3)33-32(27)35(36,34(28)42-33)19-21-38(30)20-17-25-9-5-4-6-10-25/h4-15,22,28,30,34,40H,16-21,23H2,1-3H3/t28-,30-,34+,35+,36-/m1/s1. The number of rotatable bonds is 7. The summed E-state index contributed by atoms with van der Waals surface area (Å²) in [6.45, 7) is 3.84. The number of piperidine rings is 1. The first kappa shape index (κ1) is 27.2. The molecule has 0 unspecified atom stereocenters. The monoisotopic (exact) mass is 564 g/mol. The van der Waals surface area contributed by atoms with Gasteiger partial charge in [0, 0.05) is 31.3 Å². The molecule has 1 saturated heterocycles.